The number of anilines is 3. The van der Waals surface area contributed by atoms with Gasteiger partial charge < -0.3 is 29.4 Å². The minimum Gasteiger partial charge on any atom is -0.451 e. The van der Waals surface area contributed by atoms with Crippen LogP contribution in [0.5, 0.6) is 0 Å². The minimum atomic E-state index is -0.653. The molecule has 35 heavy (non-hydrogen) atoms. The third-order valence-electron chi connectivity index (χ3n) is 6.40. The van der Waals surface area contributed by atoms with E-state index in [4.69, 9.17) is 9.15 Å². The van der Waals surface area contributed by atoms with Gasteiger partial charge in [0.25, 0.3) is 5.91 Å². The number of carbonyl (C=O) groups excluding carboxylic acids is 1. The van der Waals surface area contributed by atoms with E-state index in [9.17, 15) is 9.90 Å². The van der Waals surface area contributed by atoms with Crippen molar-refractivity contribution in [1.29, 1.82) is 0 Å². The van der Waals surface area contributed by atoms with Gasteiger partial charge >= 0.3 is 0 Å². The van der Waals surface area contributed by atoms with Gasteiger partial charge in [-0.15, -0.1) is 0 Å². The second kappa shape index (κ2) is 11.0. The van der Waals surface area contributed by atoms with Gasteiger partial charge in [-0.25, -0.2) is 0 Å². The number of benzene rings is 1. The highest BCUT2D eigenvalue weighted by Gasteiger charge is 2.29. The van der Waals surface area contributed by atoms with Crippen molar-refractivity contribution in [2.24, 2.45) is 0 Å². The number of nitrogens with one attached hydrogen (secondary N) is 2. The number of aromatic amines is 1. The molecule has 2 aliphatic rings. The number of carbonyl (C=O) groups is 1. The van der Waals surface area contributed by atoms with Crippen molar-refractivity contribution in [3.8, 4) is 11.3 Å². The largest absolute Gasteiger partial charge is 0.451 e. The molecule has 1 amide bonds. The van der Waals surface area contributed by atoms with Gasteiger partial charge in [0.1, 0.15) is 5.76 Å². The maximum atomic E-state index is 13.0. The highest BCUT2D eigenvalue weighted by molar-refractivity contribution is 6.04. The molecule has 0 aliphatic carbocycles. The smallest absolute Gasteiger partial charge is 0.291 e. The van der Waals surface area contributed by atoms with Crippen LogP contribution in [0.4, 0.5) is 17.1 Å². The lowest BCUT2D eigenvalue weighted by Gasteiger charge is -2.38. The summed E-state index contributed by atoms with van der Waals surface area (Å²) in [5, 5.41) is 20.1. The van der Waals surface area contributed by atoms with Crippen molar-refractivity contribution < 1.29 is 19.1 Å². The molecule has 2 saturated heterocycles. The van der Waals surface area contributed by atoms with Gasteiger partial charge in [-0.2, -0.15) is 5.10 Å². The number of amides is 1. The number of rotatable bonds is 5. The Kier molecular flexibility index (Phi) is 7.77. The van der Waals surface area contributed by atoms with E-state index in [2.05, 4.69) is 31.4 Å². The average molecular weight is 482 g/mol. The maximum absolute atomic E-state index is 13.0. The standard InChI is InChI=1S/C24H29N5O4.C2H6/c1-24(31)6-8-29(9-7-24)20-14-18(28-10-12-32-13-11-28)2-3-19(20)27-23(30)22-5-4-21(33-22)17-15-25-26-16-17;1-2/h2-5,14-16,31H,6-13H2,1H3,(H,25,26)(H,27,30);1-2H3. The fourth-order valence-electron chi connectivity index (χ4n) is 4.32. The van der Waals surface area contributed by atoms with Crippen LogP contribution in [0.2, 0.25) is 0 Å². The normalized spacial score (nSPS) is 17.5. The summed E-state index contributed by atoms with van der Waals surface area (Å²) in [5.41, 5.74) is 2.90. The summed E-state index contributed by atoms with van der Waals surface area (Å²) in [4.78, 5) is 17.5. The van der Waals surface area contributed by atoms with Crippen molar-refractivity contribution in [1.82, 2.24) is 10.2 Å². The van der Waals surface area contributed by atoms with Crippen molar-refractivity contribution >= 4 is 23.0 Å². The first-order valence-electron chi connectivity index (χ1n) is 12.3. The third-order valence-corrected chi connectivity index (χ3v) is 6.40. The van der Waals surface area contributed by atoms with Crippen LogP contribution in [0, 0.1) is 0 Å². The number of nitrogens with zero attached hydrogens (tertiary/aromatic N) is 3. The Labute approximate surface area is 206 Å². The molecule has 0 radical (unpaired) electrons. The molecule has 9 heteroatoms. The van der Waals surface area contributed by atoms with Gasteiger partial charge in [-0.3, -0.25) is 9.89 Å². The summed E-state index contributed by atoms with van der Waals surface area (Å²) in [5.74, 6) is 0.500. The second-order valence-electron chi connectivity index (χ2n) is 8.89. The molecule has 3 N–H and O–H groups in total. The predicted octanol–water partition coefficient (Wildman–Crippen LogP) is 4.14. The van der Waals surface area contributed by atoms with E-state index in [0.717, 1.165) is 35.7 Å². The summed E-state index contributed by atoms with van der Waals surface area (Å²) in [7, 11) is 0. The summed E-state index contributed by atoms with van der Waals surface area (Å²) in [6.07, 6.45) is 4.71. The molecule has 2 fully saturated rings. The number of hydrogen-bond donors (Lipinski definition) is 3. The molecular weight excluding hydrogens is 446 g/mol. The first-order valence-corrected chi connectivity index (χ1v) is 12.3. The van der Waals surface area contributed by atoms with Gasteiger partial charge in [-0.05, 0) is 50.1 Å². The van der Waals surface area contributed by atoms with Gasteiger partial charge in [0.15, 0.2) is 5.76 Å². The number of furan rings is 1. The van der Waals surface area contributed by atoms with Gasteiger partial charge in [0.2, 0.25) is 0 Å². The molecule has 0 saturated carbocycles. The fourth-order valence-corrected chi connectivity index (χ4v) is 4.32. The van der Waals surface area contributed by atoms with Gasteiger partial charge in [0.05, 0.1) is 41.9 Å². The Balaban J connectivity index is 0.00000141. The summed E-state index contributed by atoms with van der Waals surface area (Å²) < 4.78 is 11.2. The zero-order chi connectivity index (χ0) is 24.8. The van der Waals surface area contributed by atoms with E-state index >= 15 is 0 Å². The minimum absolute atomic E-state index is 0.232. The molecule has 0 spiro atoms. The fraction of sp³-hybridized carbons (Fsp3) is 0.462. The molecule has 5 rings (SSSR count). The number of H-pyrrole nitrogens is 1. The molecule has 4 heterocycles. The lowest BCUT2D eigenvalue weighted by molar-refractivity contribution is 0.0351. The second-order valence-corrected chi connectivity index (χ2v) is 8.89. The quantitative estimate of drug-likeness (QED) is 0.503. The molecule has 9 nitrogen and oxygen atoms in total. The van der Waals surface area contributed by atoms with Gasteiger partial charge in [0, 0.05) is 38.1 Å². The number of morpholine rings is 1. The number of ether oxygens (including phenoxy) is 1. The monoisotopic (exact) mass is 481 g/mol. The Hall–Kier alpha value is -3.30. The Morgan fingerprint density at radius 1 is 1.09 bits per heavy atom. The molecule has 188 valence electrons. The van der Waals surface area contributed by atoms with Crippen LogP contribution in [-0.2, 0) is 4.74 Å². The zero-order valence-corrected chi connectivity index (χ0v) is 20.7. The van der Waals surface area contributed by atoms with Crippen LogP contribution in [0.3, 0.4) is 0 Å². The van der Waals surface area contributed by atoms with E-state index in [1.54, 1.807) is 24.5 Å². The van der Waals surface area contributed by atoms with E-state index in [1.807, 2.05) is 32.9 Å². The van der Waals surface area contributed by atoms with E-state index in [-0.39, 0.29) is 11.7 Å². The lowest BCUT2D eigenvalue weighted by Crippen LogP contribution is -2.43. The number of piperidine rings is 1. The number of aliphatic hydroxyl groups is 1. The van der Waals surface area contributed by atoms with Crippen LogP contribution >= 0.6 is 0 Å². The molecule has 1 aromatic carbocycles. The van der Waals surface area contributed by atoms with Crippen molar-refractivity contribution in [3.05, 3.63) is 48.5 Å². The first kappa shape index (κ1) is 24.8. The van der Waals surface area contributed by atoms with Crippen molar-refractivity contribution in [2.75, 3.05) is 54.5 Å². The maximum Gasteiger partial charge on any atom is 0.291 e. The van der Waals surface area contributed by atoms with Crippen LogP contribution in [0.25, 0.3) is 11.3 Å². The SMILES string of the molecule is CC.CC1(O)CCN(c2cc(N3CCOCC3)ccc2NC(=O)c2ccc(-c3cn[nH]c3)o2)CC1. The summed E-state index contributed by atoms with van der Waals surface area (Å²) in [6, 6.07) is 9.53. The van der Waals surface area contributed by atoms with E-state index in [0.29, 0.717) is 44.9 Å². The highest BCUT2D eigenvalue weighted by Crippen LogP contribution is 2.35. The van der Waals surface area contributed by atoms with Crippen molar-refractivity contribution in [2.45, 2.75) is 39.2 Å². The average Bonchev–Trinajstić information content (AvgIpc) is 3.59. The summed E-state index contributed by atoms with van der Waals surface area (Å²) >= 11 is 0. The van der Waals surface area contributed by atoms with Gasteiger partial charge in [-0.1, -0.05) is 13.8 Å². The van der Waals surface area contributed by atoms with Crippen LogP contribution in [0.15, 0.2) is 47.1 Å². The Bertz CT molecular complexity index is 1090. The molecule has 2 aromatic heterocycles. The Morgan fingerprint density at radius 3 is 2.51 bits per heavy atom. The van der Waals surface area contributed by atoms with E-state index in [1.165, 1.54) is 0 Å². The third kappa shape index (κ3) is 5.86. The molecule has 0 atom stereocenters. The first-order chi connectivity index (χ1) is 17.0. The molecule has 0 unspecified atom stereocenters. The number of aromatic nitrogens is 2. The predicted molar refractivity (Wildman–Crippen MR) is 137 cm³/mol. The molecule has 0 bridgehead atoms. The topological polar surface area (TPSA) is 107 Å². The van der Waals surface area contributed by atoms with E-state index < -0.39 is 5.60 Å². The van der Waals surface area contributed by atoms with Crippen LogP contribution < -0.4 is 15.1 Å². The summed E-state index contributed by atoms with van der Waals surface area (Å²) in [6.45, 7) is 10.4. The van der Waals surface area contributed by atoms with Crippen LogP contribution in [0.1, 0.15) is 44.2 Å². The lowest BCUT2D eigenvalue weighted by atomic mass is 9.93. The van der Waals surface area contributed by atoms with Crippen LogP contribution in [-0.4, -0.2) is 66.2 Å². The van der Waals surface area contributed by atoms with Crippen molar-refractivity contribution in [3.63, 3.8) is 0 Å². The zero-order valence-electron chi connectivity index (χ0n) is 20.7. The Morgan fingerprint density at radius 2 is 1.83 bits per heavy atom. The number of hydrogen-bond acceptors (Lipinski definition) is 7. The highest BCUT2D eigenvalue weighted by atomic mass is 16.5. The molecular formula is C26H35N5O4. The molecule has 3 aromatic rings. The molecule has 2 aliphatic heterocycles.